The summed E-state index contributed by atoms with van der Waals surface area (Å²) in [4.78, 5) is 0. The average molecular weight is 482 g/mol. The Morgan fingerprint density at radius 3 is 1.00 bits per heavy atom. The molecule has 0 saturated heterocycles. The van der Waals surface area contributed by atoms with Crippen LogP contribution in [0.25, 0.3) is 0 Å². The van der Waals surface area contributed by atoms with Crippen molar-refractivity contribution in [1.29, 1.82) is 0 Å². The lowest BCUT2D eigenvalue weighted by atomic mass is 11.8. The minimum Gasteiger partial charge on any atom is -0.0947 e. The summed E-state index contributed by atoms with van der Waals surface area (Å²) in [5.41, 5.74) is 0. The Hall–Kier alpha value is 2.62. The fourth-order valence-corrected chi connectivity index (χ4v) is 0. The van der Waals surface area contributed by atoms with Crippen LogP contribution in [0.15, 0.2) is 0 Å². The molecule has 0 heterocycles. The number of hydrogen-bond donors (Lipinski definition) is 0. The molecule has 8 heavy (non-hydrogen) atoms. The van der Waals surface area contributed by atoms with E-state index in [0.717, 1.165) is 0 Å². The molecule has 0 aromatic rings. The van der Waals surface area contributed by atoms with Gasteiger partial charge in [0.05, 0.1) is 7.59 Å². The lowest BCUT2D eigenvalue weighted by Gasteiger charge is -2.24. The minimum absolute atomic E-state index is 0.760. The molecule has 0 aromatic carbocycles. The van der Waals surface area contributed by atoms with Gasteiger partial charge in [0.15, 0.2) is 0 Å². The maximum atomic E-state index is 2.66. The highest BCUT2D eigenvalue weighted by Gasteiger charge is 2.38. The topological polar surface area (TPSA) is 0 Å². The molecule has 0 aliphatic carbocycles. The van der Waals surface area contributed by atoms with Crippen molar-refractivity contribution in [3.8, 4) is 0 Å². The lowest BCUT2D eigenvalue weighted by molar-refractivity contribution is 1.87. The normalized spacial score (nSPS) is 14.2. The molecule has 0 N–H and O–H groups in total. The van der Waals surface area contributed by atoms with Crippen LogP contribution in [0.1, 0.15) is 0 Å². The van der Waals surface area contributed by atoms with Crippen LogP contribution in [0, 0.1) is 0 Å². The smallest absolute Gasteiger partial charge is 0.0947 e. The van der Waals surface area contributed by atoms with Crippen molar-refractivity contribution < 1.29 is 0 Å². The zero-order chi connectivity index (χ0) is 7.00. The van der Waals surface area contributed by atoms with E-state index >= 15 is 0 Å². The third-order valence-corrected chi connectivity index (χ3v) is 51.3. The Kier molecular flexibility index (Phi) is 4.44. The van der Waals surface area contributed by atoms with Crippen LogP contribution in [-0.2, 0) is 0 Å². The van der Waals surface area contributed by atoms with Crippen LogP contribution in [0.2, 0.25) is 19.6 Å². The van der Waals surface area contributed by atoms with E-state index in [0.29, 0.717) is 0 Å². The molecule has 0 fully saturated rings. The Labute approximate surface area is 91.0 Å². The summed E-state index contributed by atoms with van der Waals surface area (Å²) in [7, 11) is -0.760. The molecule has 0 amide bonds. The van der Waals surface area contributed by atoms with E-state index in [1.165, 1.54) is 0 Å². The highest BCUT2D eigenvalue weighted by Crippen LogP contribution is 2.38. The highest BCUT2D eigenvalue weighted by molar-refractivity contribution is 14.4. The van der Waals surface area contributed by atoms with Crippen molar-refractivity contribution in [1.82, 2.24) is 0 Å². The van der Waals surface area contributed by atoms with Crippen LogP contribution >= 0.6 is 65.4 Å². The first-order valence-electron chi connectivity index (χ1n) is 2.32. The van der Waals surface area contributed by atoms with E-state index in [1.54, 1.807) is 0 Å². The monoisotopic (exact) mass is 482 g/mol. The number of hydrogen-bond acceptors (Lipinski definition) is 0. The first kappa shape index (κ1) is 10.6. The van der Waals surface area contributed by atoms with E-state index in [-0.39, 0.29) is 0 Å². The predicted octanol–water partition coefficient (Wildman–Crippen LogP) is 3.65. The van der Waals surface area contributed by atoms with Crippen LogP contribution in [-0.4, -0.2) is 7.67 Å². The second-order valence-corrected chi connectivity index (χ2v) is 57.3. The van der Waals surface area contributed by atoms with Gasteiger partial charge in [-0.25, -0.2) is 0 Å². The van der Waals surface area contributed by atoms with Gasteiger partial charge in [-0.3, -0.25) is 0 Å². The molecular weight excluding hydrogens is 473 g/mol. The first-order chi connectivity index (χ1) is 3.25. The summed E-state index contributed by atoms with van der Waals surface area (Å²) in [5, 5.41) is 0. The summed E-state index contributed by atoms with van der Waals surface area (Å²) in [6.45, 7) is 7.35. The van der Waals surface area contributed by atoms with Crippen LogP contribution < -0.4 is 0 Å². The second kappa shape index (κ2) is 3.35. The van der Waals surface area contributed by atoms with E-state index in [2.05, 4.69) is 85.0 Å². The summed E-state index contributed by atoms with van der Waals surface area (Å²) in [6, 6.07) is 0. The van der Waals surface area contributed by atoms with Gasteiger partial charge >= 0.3 is 0 Å². The van der Waals surface area contributed by atoms with Crippen molar-refractivity contribution >= 4 is 73.1 Å². The van der Waals surface area contributed by atoms with Gasteiger partial charge in [-0.2, -0.15) is 0 Å². The predicted molar refractivity (Wildman–Crippen MR) is 71.2 cm³/mol. The Bertz CT molecular complexity index is 67.5. The van der Waals surface area contributed by atoms with Gasteiger partial charge < -0.3 is 0 Å². The van der Waals surface area contributed by atoms with Crippen LogP contribution in [0.5, 0.6) is 0 Å². The van der Waals surface area contributed by atoms with Crippen LogP contribution in [0.3, 0.4) is 0 Å². The van der Waals surface area contributed by atoms with E-state index in [1.807, 2.05) is 0 Å². The SMILES string of the molecule is C[Si](C)(C)[Si](I)(I)I. The van der Waals surface area contributed by atoms with Crippen molar-refractivity contribution in [2.45, 2.75) is 19.6 Å². The number of halogens is 3. The van der Waals surface area contributed by atoms with Crippen LogP contribution in [0.4, 0.5) is 0 Å². The van der Waals surface area contributed by atoms with Crippen molar-refractivity contribution in [3.63, 3.8) is 0 Å². The second-order valence-electron chi connectivity index (χ2n) is 2.75. The van der Waals surface area contributed by atoms with Gasteiger partial charge in [0.1, 0.15) is 0 Å². The van der Waals surface area contributed by atoms with Gasteiger partial charge in [-0.15, -0.1) is 0 Å². The molecule has 0 bridgehead atoms. The van der Waals surface area contributed by atoms with Gasteiger partial charge in [-0.05, 0) is 0 Å². The fraction of sp³-hybridized carbons (Fsp3) is 1.00. The van der Waals surface area contributed by atoms with Crippen molar-refractivity contribution in [3.05, 3.63) is 0 Å². The van der Waals surface area contributed by atoms with Gasteiger partial charge in [0.25, 0.3) is 0 Å². The minimum atomic E-state index is -0.810. The molecule has 0 spiro atoms. The molecule has 0 radical (unpaired) electrons. The van der Waals surface area contributed by atoms with Crippen molar-refractivity contribution in [2.75, 3.05) is 0 Å². The third-order valence-electron chi connectivity index (χ3n) is 0.850. The van der Waals surface area contributed by atoms with E-state index in [4.69, 9.17) is 0 Å². The molecule has 5 heteroatoms. The summed E-state index contributed by atoms with van der Waals surface area (Å²) >= 11 is 7.97. The lowest BCUT2D eigenvalue weighted by Crippen LogP contribution is -2.41. The highest BCUT2D eigenvalue weighted by atomic mass is 127. The molecule has 50 valence electrons. The summed E-state index contributed by atoms with van der Waals surface area (Å²) < 4.78 is -0.810. The average Bonchev–Trinajstić information content (AvgIpc) is 1.25. The van der Waals surface area contributed by atoms with Crippen molar-refractivity contribution in [2.24, 2.45) is 0 Å². The standard InChI is InChI=1S/C3H9I3Si2/c1-7(2,3)8(4,5)6/h1-3H3. The molecule has 0 rings (SSSR count). The Balaban J connectivity index is 4.02. The molecule has 0 aromatic heterocycles. The number of rotatable bonds is 1. The Morgan fingerprint density at radius 1 is 0.875 bits per heavy atom. The fourth-order valence-electron chi connectivity index (χ4n) is 0. The summed E-state index contributed by atoms with van der Waals surface area (Å²) in [5.74, 6) is 0. The van der Waals surface area contributed by atoms with Gasteiger partial charge in [-0.1, -0.05) is 85.0 Å². The molecule has 0 nitrogen and oxygen atoms in total. The molecular formula is C3H9I3Si2. The quantitative estimate of drug-likeness (QED) is 0.305. The molecule has 0 unspecified atom stereocenters. The summed E-state index contributed by atoms with van der Waals surface area (Å²) in [6.07, 6.45) is 0. The largest absolute Gasteiger partial charge is 0.241 e. The molecule has 0 saturated carbocycles. The maximum absolute atomic E-state index is 2.66. The third kappa shape index (κ3) is 3.71. The van der Waals surface area contributed by atoms with Gasteiger partial charge in [0.2, 0.25) is 0.0813 Å². The molecule has 0 aliphatic heterocycles. The molecule has 0 atom stereocenters. The van der Waals surface area contributed by atoms with E-state index < -0.39 is 7.67 Å². The Morgan fingerprint density at radius 2 is 1.00 bits per heavy atom. The van der Waals surface area contributed by atoms with Gasteiger partial charge in [0, 0.05) is 0 Å². The zero-order valence-electron chi connectivity index (χ0n) is 5.13. The maximum Gasteiger partial charge on any atom is 0.241 e. The van der Waals surface area contributed by atoms with E-state index in [9.17, 15) is 0 Å². The zero-order valence-corrected chi connectivity index (χ0v) is 13.6. The first-order valence-corrected chi connectivity index (χ1v) is 18.2. The molecule has 0 aliphatic rings.